The van der Waals surface area contributed by atoms with Crippen LogP contribution in [0.4, 0.5) is 110 Å². The van der Waals surface area contributed by atoms with Gasteiger partial charge >= 0.3 is 71.4 Å². The van der Waals surface area contributed by atoms with Crippen molar-refractivity contribution in [2.45, 2.75) is 71.4 Å². The zero-order valence-corrected chi connectivity index (χ0v) is 19.3. The maximum Gasteiger partial charge on any atom is 0.461 e. The van der Waals surface area contributed by atoms with Crippen molar-refractivity contribution in [3.05, 3.63) is 0 Å². The van der Waals surface area contributed by atoms with E-state index in [0.717, 1.165) is 0 Å². The summed E-state index contributed by atoms with van der Waals surface area (Å²) >= 11 is 0. The summed E-state index contributed by atoms with van der Waals surface area (Å²) in [6, 6.07) is -6.81. The molecule has 1 nitrogen and oxygen atoms in total. The van der Waals surface area contributed by atoms with Gasteiger partial charge in [0.1, 0.15) is 0 Å². The highest BCUT2D eigenvalue weighted by molar-refractivity contribution is 5.19. The van der Waals surface area contributed by atoms with Gasteiger partial charge in [-0.25, -0.2) is 0 Å². The first-order valence-corrected chi connectivity index (χ1v) is 9.04. The van der Waals surface area contributed by atoms with Gasteiger partial charge in [-0.05, 0) is 0 Å². The van der Waals surface area contributed by atoms with Crippen LogP contribution in [0.1, 0.15) is 0 Å². The third-order valence-electron chi connectivity index (χ3n) is 5.13. The second kappa shape index (κ2) is 9.82. The molecule has 0 atom stereocenters. The largest absolute Gasteiger partial charge is 1.00 e. The van der Waals surface area contributed by atoms with E-state index < -0.39 is 75.9 Å². The predicted octanol–water partition coefficient (Wildman–Crippen LogP) is 5.20. The maximum absolute atomic E-state index is 13.7. The fourth-order valence-electron chi connectivity index (χ4n) is 2.37. The minimum Gasteiger partial charge on any atom is -1.00 e. The van der Waals surface area contributed by atoms with Gasteiger partial charge in [0.05, 0.1) is 21.1 Å². The fourth-order valence-corrected chi connectivity index (χ4v) is 2.37. The van der Waals surface area contributed by atoms with E-state index in [-0.39, 0.29) is 25.8 Å². The zero-order chi connectivity index (χ0) is 34.5. The van der Waals surface area contributed by atoms with E-state index >= 15 is 0 Å². The monoisotopic (exact) mass is 697 g/mol. The van der Waals surface area contributed by atoms with Gasteiger partial charge < -0.3 is 4.70 Å². The summed E-state index contributed by atoms with van der Waals surface area (Å²) in [5.74, 6) is -91.2. The Morgan fingerprint density at radius 2 is 0.405 bits per heavy atom. The van der Waals surface area contributed by atoms with Gasteiger partial charge in [-0.2, -0.15) is 101 Å². The molecule has 0 aromatic rings. The Bertz CT molecular complexity index is 887. The number of quaternary nitrogens is 1. The van der Waals surface area contributed by atoms with Crippen molar-refractivity contribution in [1.82, 2.24) is 0 Å². The van der Waals surface area contributed by atoms with E-state index in [0.29, 0.717) is 0 Å². The molecular weight excluding hydrogens is 688 g/mol. The SMILES string of the molecule is C[N+](C)(C)C(F)(F)C(F)(F)C(F)(F)C(F)(F)C(F)(F)C(F)(F)C(F)(F)C(F)(F)C(F)(F)C(F)(F)C(F)(F)C(F)(F)F.[F-]. The van der Waals surface area contributed by atoms with Crippen molar-refractivity contribution in [1.29, 1.82) is 0 Å². The minimum atomic E-state index is -9.57. The molecular formula is C15H9F26N. The first kappa shape index (κ1) is 42.3. The van der Waals surface area contributed by atoms with E-state index in [4.69, 9.17) is 0 Å². The molecule has 0 saturated carbocycles. The number of nitrogens with zero attached hydrogens (tertiary/aromatic N) is 1. The van der Waals surface area contributed by atoms with Gasteiger partial charge in [-0.15, -0.1) is 8.78 Å². The summed E-state index contributed by atoms with van der Waals surface area (Å²) in [6.07, 6.45) is -8.16. The molecule has 256 valence electrons. The lowest BCUT2D eigenvalue weighted by atomic mass is 9.85. The number of hydrogen-bond donors (Lipinski definition) is 0. The lowest BCUT2D eigenvalue weighted by Gasteiger charge is -2.46. The molecule has 0 aliphatic heterocycles. The van der Waals surface area contributed by atoms with E-state index in [1.54, 1.807) is 0 Å². The van der Waals surface area contributed by atoms with Crippen LogP contribution in [0.3, 0.4) is 0 Å². The summed E-state index contributed by atoms with van der Waals surface area (Å²) < 4.78 is 330. The van der Waals surface area contributed by atoms with Gasteiger partial charge in [0.15, 0.2) is 0 Å². The van der Waals surface area contributed by atoms with Crippen molar-refractivity contribution in [2.24, 2.45) is 0 Å². The Kier molecular flexibility index (Phi) is 9.88. The van der Waals surface area contributed by atoms with Crippen LogP contribution in [-0.4, -0.2) is 97.1 Å². The Hall–Kier alpha value is -1.86. The third-order valence-corrected chi connectivity index (χ3v) is 5.13. The van der Waals surface area contributed by atoms with Crippen LogP contribution in [0.25, 0.3) is 0 Å². The first-order chi connectivity index (χ1) is 17.0. The minimum absolute atomic E-state index is 0. The van der Waals surface area contributed by atoms with E-state index in [1.807, 2.05) is 0 Å². The molecule has 0 amide bonds. The molecule has 0 aromatic carbocycles. The maximum atomic E-state index is 13.7. The van der Waals surface area contributed by atoms with Crippen LogP contribution >= 0.6 is 0 Å². The van der Waals surface area contributed by atoms with Crippen LogP contribution in [0, 0.1) is 0 Å². The molecule has 42 heavy (non-hydrogen) atoms. The third kappa shape index (κ3) is 4.67. The second-order valence-corrected chi connectivity index (χ2v) is 8.80. The molecule has 0 aromatic heterocycles. The number of rotatable bonds is 11. The molecule has 0 aliphatic carbocycles. The smallest absolute Gasteiger partial charge is 0.461 e. The Morgan fingerprint density at radius 3 is 0.548 bits per heavy atom. The van der Waals surface area contributed by atoms with E-state index in [2.05, 4.69) is 0 Å². The second-order valence-electron chi connectivity index (χ2n) is 8.80. The van der Waals surface area contributed by atoms with Crippen LogP contribution in [0.5, 0.6) is 0 Å². The van der Waals surface area contributed by atoms with Crippen molar-refractivity contribution in [3.63, 3.8) is 0 Å². The van der Waals surface area contributed by atoms with E-state index in [1.165, 1.54) is 0 Å². The summed E-state index contributed by atoms with van der Waals surface area (Å²) in [5, 5.41) is 0. The average molecular weight is 697 g/mol. The summed E-state index contributed by atoms with van der Waals surface area (Å²) in [4.78, 5) is 0. The first-order valence-electron chi connectivity index (χ1n) is 9.04. The van der Waals surface area contributed by atoms with Crippen molar-refractivity contribution in [2.75, 3.05) is 21.1 Å². The van der Waals surface area contributed by atoms with Crippen LogP contribution in [-0.2, 0) is 0 Å². The number of halogens is 26. The van der Waals surface area contributed by atoms with Gasteiger partial charge in [-0.3, -0.25) is 4.48 Å². The summed E-state index contributed by atoms with van der Waals surface area (Å²) in [6.45, 7) is 0. The Balaban J connectivity index is 0. The zero-order valence-electron chi connectivity index (χ0n) is 19.3. The Morgan fingerprint density at radius 1 is 0.262 bits per heavy atom. The topological polar surface area (TPSA) is 0 Å². The summed E-state index contributed by atoms with van der Waals surface area (Å²) in [5.41, 5.74) is 0. The molecule has 0 rings (SSSR count). The van der Waals surface area contributed by atoms with Crippen LogP contribution < -0.4 is 4.70 Å². The van der Waals surface area contributed by atoms with Gasteiger partial charge in [0, 0.05) is 0 Å². The fraction of sp³-hybridized carbons (Fsp3) is 1.00. The van der Waals surface area contributed by atoms with Gasteiger partial charge in [-0.1, -0.05) is 0 Å². The molecule has 0 aliphatic rings. The van der Waals surface area contributed by atoms with Crippen molar-refractivity contribution in [3.8, 4) is 0 Å². The normalized spacial score (nSPS) is 16.9. The average Bonchev–Trinajstić information content (AvgIpc) is 2.70. The lowest BCUT2D eigenvalue weighted by Crippen LogP contribution is -3.00. The molecule has 0 radical (unpaired) electrons. The highest BCUT2D eigenvalue weighted by atomic mass is 19.4. The van der Waals surface area contributed by atoms with Crippen LogP contribution in [0.2, 0.25) is 0 Å². The molecule has 27 heteroatoms. The molecule has 0 saturated heterocycles. The molecule has 0 unspecified atom stereocenters. The molecule has 0 N–H and O–H groups in total. The quantitative estimate of drug-likeness (QED) is 0.158. The standard InChI is InChI=1S/C15H9F25N.FH/c1-41(2,3)15(39,40)13(34,35)11(30,31)9(26,27)7(22,23)5(18,19)4(16,17)6(20,21)8(24,25)10(28,29)12(32,33)14(36,37)38;/h1-3H3;1H/q+1;/p-1. The molecule has 0 fully saturated rings. The number of alkyl halides is 25. The molecule has 0 spiro atoms. The lowest BCUT2D eigenvalue weighted by molar-refractivity contribution is -0.975. The van der Waals surface area contributed by atoms with E-state index in [9.17, 15) is 110 Å². The van der Waals surface area contributed by atoms with Gasteiger partial charge in [0.25, 0.3) is 0 Å². The predicted molar refractivity (Wildman–Crippen MR) is 78.5 cm³/mol. The highest BCUT2D eigenvalue weighted by Crippen LogP contribution is 2.67. The van der Waals surface area contributed by atoms with Crippen molar-refractivity contribution >= 4 is 0 Å². The highest BCUT2D eigenvalue weighted by Gasteiger charge is 3.00. The molecule has 0 heterocycles. The Labute approximate surface area is 213 Å². The summed E-state index contributed by atoms with van der Waals surface area (Å²) in [7, 11) is -0.867. The number of hydrogen-bond acceptors (Lipinski definition) is 0. The van der Waals surface area contributed by atoms with Crippen LogP contribution in [0.15, 0.2) is 0 Å². The molecule has 0 bridgehead atoms. The van der Waals surface area contributed by atoms with Gasteiger partial charge in [0.2, 0.25) is 0 Å². The van der Waals surface area contributed by atoms with Crippen molar-refractivity contribution < 1.29 is 119 Å².